The van der Waals surface area contributed by atoms with Crippen LogP contribution in [-0.2, 0) is 16.1 Å². The molecule has 3 atom stereocenters. The number of carbonyl (C=O) groups is 1. The average molecular weight is 527 g/mol. The van der Waals surface area contributed by atoms with E-state index in [4.69, 9.17) is 18.7 Å². The molecule has 0 amide bonds. The number of hydrogen-bond acceptors (Lipinski definition) is 9. The molecule has 0 radical (unpaired) electrons. The maximum Gasteiger partial charge on any atom is 0.387 e. The number of rotatable bonds is 9. The molecule has 1 aliphatic carbocycles. The molecule has 0 spiro atoms. The summed E-state index contributed by atoms with van der Waals surface area (Å²) < 4.78 is 47.7. The molecule has 0 N–H and O–H groups in total. The highest BCUT2D eigenvalue weighted by molar-refractivity contribution is 5.88. The van der Waals surface area contributed by atoms with Gasteiger partial charge < -0.3 is 23.6 Å². The van der Waals surface area contributed by atoms with Crippen molar-refractivity contribution in [1.82, 2.24) is 15.1 Å². The average Bonchev–Trinajstić information content (AvgIpc) is 3.63. The number of fused-ring (bicyclic) bond motifs is 2. The van der Waals surface area contributed by atoms with E-state index in [1.807, 2.05) is 0 Å². The third kappa shape index (κ3) is 4.82. The lowest BCUT2D eigenvalue weighted by molar-refractivity contribution is -0.0494. The van der Waals surface area contributed by atoms with Crippen molar-refractivity contribution in [2.24, 2.45) is 0 Å². The topological polar surface area (TPSA) is 99.8 Å². The normalized spacial score (nSPS) is 22.6. The molecule has 2 aliphatic heterocycles. The smallest absolute Gasteiger partial charge is 0.387 e. The molecule has 3 fully saturated rings. The number of hydrogen-bond donors (Lipinski definition) is 0. The summed E-state index contributed by atoms with van der Waals surface area (Å²) in [5.41, 5.74) is 2.07. The van der Waals surface area contributed by atoms with E-state index >= 15 is 0 Å². The molecule has 38 heavy (non-hydrogen) atoms. The predicted molar refractivity (Wildman–Crippen MR) is 131 cm³/mol. The molecule has 11 heteroatoms. The molecular weight excluding hydrogens is 498 g/mol. The highest BCUT2D eigenvalue weighted by Gasteiger charge is 2.43. The summed E-state index contributed by atoms with van der Waals surface area (Å²) in [4.78, 5) is 22.8. The van der Waals surface area contributed by atoms with Gasteiger partial charge in [0.1, 0.15) is 17.2 Å². The first-order valence-electron chi connectivity index (χ1n) is 12.8. The molecule has 1 aromatic carbocycles. The summed E-state index contributed by atoms with van der Waals surface area (Å²) >= 11 is 0. The minimum atomic E-state index is -2.94. The fraction of sp³-hybridized carbons (Fsp3) is 0.481. The lowest BCUT2D eigenvalue weighted by Gasteiger charge is -2.38. The summed E-state index contributed by atoms with van der Waals surface area (Å²) in [5, 5.41) is 4.26. The Morgan fingerprint density at radius 1 is 1.11 bits per heavy atom. The molecule has 4 heterocycles. The van der Waals surface area contributed by atoms with E-state index in [0.29, 0.717) is 22.8 Å². The zero-order valence-electron chi connectivity index (χ0n) is 20.9. The minimum absolute atomic E-state index is 0.0143. The number of halogens is 2. The molecule has 9 nitrogen and oxygen atoms in total. The molecule has 3 aromatic rings. The Balaban J connectivity index is 1.17. The number of nitrogens with zero attached hydrogens (tertiary/aromatic N) is 4. The number of alkyl halides is 2. The van der Waals surface area contributed by atoms with Crippen LogP contribution in [0.5, 0.6) is 5.75 Å². The lowest BCUT2D eigenvalue weighted by atomic mass is 9.99. The Morgan fingerprint density at radius 2 is 1.82 bits per heavy atom. The quantitative estimate of drug-likeness (QED) is 0.352. The molecule has 6 rings (SSSR count). The van der Waals surface area contributed by atoms with Crippen LogP contribution in [0.2, 0.25) is 0 Å². The van der Waals surface area contributed by atoms with Crippen LogP contribution in [0.4, 0.5) is 14.7 Å². The maximum atomic E-state index is 13.0. The van der Waals surface area contributed by atoms with Gasteiger partial charge >= 0.3 is 12.6 Å². The van der Waals surface area contributed by atoms with Crippen LogP contribution in [0, 0.1) is 0 Å². The molecule has 1 saturated carbocycles. The van der Waals surface area contributed by atoms with Crippen LogP contribution in [0.25, 0.3) is 11.3 Å². The summed E-state index contributed by atoms with van der Waals surface area (Å²) in [6.45, 7) is -2.66. The van der Waals surface area contributed by atoms with Gasteiger partial charge in [-0.2, -0.15) is 8.78 Å². The molecule has 3 aliphatic rings. The number of anilines is 1. The maximum absolute atomic E-state index is 13.0. The first-order valence-corrected chi connectivity index (χ1v) is 12.8. The number of piperidine rings is 1. The second-order valence-electron chi connectivity index (χ2n) is 9.98. The molecular formula is C27H28F2N4O5. The number of esters is 1. The van der Waals surface area contributed by atoms with Crippen LogP contribution in [0.15, 0.2) is 41.2 Å². The summed E-state index contributed by atoms with van der Waals surface area (Å²) in [6.07, 6.45) is 8.67. The Hall–Kier alpha value is -3.60. The van der Waals surface area contributed by atoms with Crippen molar-refractivity contribution < 1.29 is 32.3 Å². The van der Waals surface area contributed by atoms with E-state index in [0.717, 1.165) is 49.8 Å². The SMILES string of the molecule is COC(=O)c1cnc(N2C3CC[C@H]2CC(OCc2c(-c4ccccc4OC(F)F)noc2C2CC2)C3)nc1. The zero-order valence-corrected chi connectivity index (χ0v) is 20.9. The minimum Gasteiger partial charge on any atom is -0.465 e. The third-order valence-corrected chi connectivity index (χ3v) is 7.57. The van der Waals surface area contributed by atoms with E-state index in [1.165, 1.54) is 25.6 Å². The van der Waals surface area contributed by atoms with Crippen LogP contribution >= 0.6 is 0 Å². The summed E-state index contributed by atoms with van der Waals surface area (Å²) in [5.74, 6) is 1.25. The van der Waals surface area contributed by atoms with E-state index in [9.17, 15) is 13.6 Å². The van der Waals surface area contributed by atoms with Crippen LogP contribution in [-0.4, -0.2) is 53.0 Å². The first-order chi connectivity index (χ1) is 18.5. The number of aromatic nitrogens is 3. The Bertz CT molecular complexity index is 1280. The van der Waals surface area contributed by atoms with Crippen LogP contribution < -0.4 is 9.64 Å². The first kappa shape index (κ1) is 24.7. The number of methoxy groups -OCH3 is 1. The summed E-state index contributed by atoms with van der Waals surface area (Å²) in [7, 11) is 1.33. The fourth-order valence-corrected chi connectivity index (χ4v) is 5.67. The van der Waals surface area contributed by atoms with Gasteiger partial charge in [0.2, 0.25) is 5.95 Å². The standard InChI is InChI=1S/C27H28F2N4O5/c1-35-25(34)16-12-30-27(31-13-16)33-17-8-9-18(33)11-19(10-17)36-14-21-23(32-38-24(21)15-6-7-15)20-4-2-3-5-22(20)37-26(28)29/h2-5,12-13,15,17-19,26H,6-11,14H2,1H3/t17-,18?,19?/m0/s1. The van der Waals surface area contributed by atoms with Gasteiger partial charge in [0, 0.05) is 41.5 Å². The van der Waals surface area contributed by atoms with Crippen molar-refractivity contribution >= 4 is 11.9 Å². The van der Waals surface area contributed by atoms with E-state index < -0.39 is 12.6 Å². The third-order valence-electron chi connectivity index (χ3n) is 7.57. The molecule has 2 aromatic heterocycles. The van der Waals surface area contributed by atoms with Gasteiger partial charge in [-0.1, -0.05) is 17.3 Å². The lowest BCUT2D eigenvalue weighted by Crippen LogP contribution is -2.46. The summed E-state index contributed by atoms with van der Waals surface area (Å²) in [6, 6.07) is 7.08. The highest BCUT2D eigenvalue weighted by atomic mass is 19.3. The Kier molecular flexibility index (Phi) is 6.69. The Morgan fingerprint density at radius 3 is 2.47 bits per heavy atom. The van der Waals surface area contributed by atoms with Gasteiger partial charge in [-0.05, 0) is 50.7 Å². The monoisotopic (exact) mass is 526 g/mol. The van der Waals surface area contributed by atoms with Gasteiger partial charge in [0.25, 0.3) is 0 Å². The number of ether oxygens (including phenoxy) is 3. The van der Waals surface area contributed by atoms with Crippen LogP contribution in [0.1, 0.15) is 66.1 Å². The van der Waals surface area contributed by atoms with Crippen molar-refractivity contribution in [1.29, 1.82) is 0 Å². The second-order valence-corrected chi connectivity index (χ2v) is 9.98. The van der Waals surface area contributed by atoms with Gasteiger partial charge in [-0.25, -0.2) is 14.8 Å². The van der Waals surface area contributed by atoms with Gasteiger partial charge in [0.05, 0.1) is 25.4 Å². The van der Waals surface area contributed by atoms with E-state index in [2.05, 4.69) is 20.0 Å². The van der Waals surface area contributed by atoms with Crippen molar-refractivity contribution in [2.75, 3.05) is 12.0 Å². The van der Waals surface area contributed by atoms with E-state index in [-0.39, 0.29) is 36.5 Å². The molecule has 200 valence electrons. The molecule has 2 saturated heterocycles. The van der Waals surface area contributed by atoms with E-state index in [1.54, 1.807) is 18.2 Å². The van der Waals surface area contributed by atoms with Gasteiger partial charge in [-0.3, -0.25) is 0 Å². The van der Waals surface area contributed by atoms with Crippen molar-refractivity contribution in [3.05, 3.63) is 53.5 Å². The van der Waals surface area contributed by atoms with Crippen molar-refractivity contribution in [3.8, 4) is 17.0 Å². The molecule has 2 unspecified atom stereocenters. The second kappa shape index (κ2) is 10.3. The van der Waals surface area contributed by atoms with Crippen molar-refractivity contribution in [3.63, 3.8) is 0 Å². The fourth-order valence-electron chi connectivity index (χ4n) is 5.67. The number of carbonyl (C=O) groups excluding carboxylic acids is 1. The Labute approximate surface area is 218 Å². The largest absolute Gasteiger partial charge is 0.465 e. The zero-order chi connectivity index (χ0) is 26.2. The number of para-hydroxylation sites is 1. The predicted octanol–water partition coefficient (Wildman–Crippen LogP) is 5.11. The van der Waals surface area contributed by atoms with Crippen LogP contribution in [0.3, 0.4) is 0 Å². The van der Waals surface area contributed by atoms with Crippen molar-refractivity contribution in [2.45, 2.75) is 75.8 Å². The number of benzene rings is 1. The van der Waals surface area contributed by atoms with Gasteiger partial charge in [-0.15, -0.1) is 0 Å². The highest BCUT2D eigenvalue weighted by Crippen LogP contribution is 2.46. The van der Waals surface area contributed by atoms with Gasteiger partial charge in [0.15, 0.2) is 0 Å². The molecule has 2 bridgehead atoms.